The Balaban J connectivity index is 1.54. The lowest BCUT2D eigenvalue weighted by Gasteiger charge is -2.03. The number of benzene rings is 2. The van der Waals surface area contributed by atoms with Crippen molar-refractivity contribution in [2.45, 2.75) is 0 Å². The van der Waals surface area contributed by atoms with Crippen LogP contribution in [0.2, 0.25) is 0 Å². The van der Waals surface area contributed by atoms with Gasteiger partial charge in [-0.3, -0.25) is 4.79 Å². The first-order valence-corrected chi connectivity index (χ1v) is 7.20. The normalized spacial score (nSPS) is 11.5. The van der Waals surface area contributed by atoms with E-state index >= 15 is 0 Å². The summed E-state index contributed by atoms with van der Waals surface area (Å²) in [6.07, 6.45) is 4.82. The maximum Gasteiger partial charge on any atom is 0.248 e. The average molecular weight is 303 g/mol. The summed E-state index contributed by atoms with van der Waals surface area (Å²) < 4.78 is 5.54. The monoisotopic (exact) mass is 303 g/mol. The number of rotatable bonds is 3. The van der Waals surface area contributed by atoms with Crippen LogP contribution in [0.15, 0.2) is 65.2 Å². The number of carbonyl (C=O) groups excluding carboxylic acids is 1. The maximum absolute atomic E-state index is 12.1. The molecule has 0 spiro atoms. The van der Waals surface area contributed by atoms with E-state index < -0.39 is 0 Å². The molecule has 0 radical (unpaired) electrons. The molecule has 5 heteroatoms. The predicted molar refractivity (Wildman–Crippen MR) is 90.0 cm³/mol. The molecule has 0 saturated carbocycles. The fourth-order valence-electron chi connectivity index (χ4n) is 2.48. The lowest BCUT2D eigenvalue weighted by atomic mass is 10.2. The van der Waals surface area contributed by atoms with Crippen LogP contribution in [-0.4, -0.2) is 15.9 Å². The zero-order valence-corrected chi connectivity index (χ0v) is 12.1. The first-order valence-electron chi connectivity index (χ1n) is 7.20. The molecule has 2 aromatic heterocycles. The summed E-state index contributed by atoms with van der Waals surface area (Å²) in [5, 5.41) is 3.83. The number of fused-ring (bicyclic) bond motifs is 2. The van der Waals surface area contributed by atoms with Gasteiger partial charge in [0, 0.05) is 29.3 Å². The van der Waals surface area contributed by atoms with Crippen molar-refractivity contribution in [3.8, 4) is 0 Å². The molecule has 5 nitrogen and oxygen atoms in total. The highest BCUT2D eigenvalue weighted by atomic mass is 16.3. The Morgan fingerprint density at radius 2 is 2.04 bits per heavy atom. The van der Waals surface area contributed by atoms with E-state index in [0.29, 0.717) is 11.5 Å². The number of hydrogen-bond acceptors (Lipinski definition) is 3. The van der Waals surface area contributed by atoms with Crippen molar-refractivity contribution in [2.24, 2.45) is 0 Å². The molecule has 0 saturated heterocycles. The molecule has 0 unspecified atom stereocenters. The molecule has 0 aliphatic heterocycles. The summed E-state index contributed by atoms with van der Waals surface area (Å²) in [6.45, 7) is 0. The second kappa shape index (κ2) is 5.46. The molecule has 2 heterocycles. The van der Waals surface area contributed by atoms with Crippen molar-refractivity contribution in [1.29, 1.82) is 0 Å². The standard InChI is InChI=1S/C18H13N3O2/c22-17(20-14-6-3-5-13-12(14)10-11-19-13)8-9-18-21-15-4-1-2-7-16(15)23-18/h1-11,19H,(H,20,22)/b9-8-. The first-order chi connectivity index (χ1) is 11.3. The number of aromatic nitrogens is 2. The fraction of sp³-hybridized carbons (Fsp3) is 0. The van der Waals surface area contributed by atoms with Crippen LogP contribution in [0.1, 0.15) is 5.89 Å². The molecule has 0 atom stereocenters. The second-order valence-corrected chi connectivity index (χ2v) is 5.09. The van der Waals surface area contributed by atoms with E-state index in [0.717, 1.165) is 22.1 Å². The summed E-state index contributed by atoms with van der Waals surface area (Å²) in [5.41, 5.74) is 3.20. The first kappa shape index (κ1) is 13.3. The number of amides is 1. The van der Waals surface area contributed by atoms with E-state index in [1.54, 1.807) is 6.08 Å². The number of oxazole rings is 1. The van der Waals surface area contributed by atoms with Crippen LogP contribution >= 0.6 is 0 Å². The van der Waals surface area contributed by atoms with Crippen LogP contribution in [0, 0.1) is 0 Å². The average Bonchev–Trinajstić information content (AvgIpc) is 3.19. The Hall–Kier alpha value is -3.34. The van der Waals surface area contributed by atoms with Gasteiger partial charge in [-0.2, -0.15) is 0 Å². The minimum atomic E-state index is -0.235. The molecule has 4 rings (SSSR count). The van der Waals surface area contributed by atoms with E-state index in [1.165, 1.54) is 6.08 Å². The van der Waals surface area contributed by atoms with Gasteiger partial charge in [0.1, 0.15) is 5.52 Å². The van der Waals surface area contributed by atoms with Crippen LogP contribution in [0.25, 0.3) is 28.1 Å². The number of anilines is 1. The van der Waals surface area contributed by atoms with E-state index in [1.807, 2.05) is 54.7 Å². The van der Waals surface area contributed by atoms with E-state index in [2.05, 4.69) is 15.3 Å². The van der Waals surface area contributed by atoms with Gasteiger partial charge in [-0.25, -0.2) is 4.98 Å². The van der Waals surface area contributed by atoms with Gasteiger partial charge in [-0.05, 0) is 30.3 Å². The third-order valence-electron chi connectivity index (χ3n) is 3.54. The Kier molecular flexibility index (Phi) is 3.16. The number of nitrogens with zero attached hydrogens (tertiary/aromatic N) is 1. The van der Waals surface area contributed by atoms with Gasteiger partial charge in [-0.15, -0.1) is 0 Å². The molecule has 4 aromatic rings. The topological polar surface area (TPSA) is 70.9 Å². The highest BCUT2D eigenvalue weighted by Crippen LogP contribution is 2.22. The number of H-pyrrole nitrogens is 1. The minimum absolute atomic E-state index is 0.235. The van der Waals surface area contributed by atoms with Gasteiger partial charge in [-0.1, -0.05) is 18.2 Å². The van der Waals surface area contributed by atoms with Crippen molar-refractivity contribution in [3.05, 3.63) is 66.7 Å². The molecule has 112 valence electrons. The van der Waals surface area contributed by atoms with Gasteiger partial charge < -0.3 is 14.7 Å². The molecule has 23 heavy (non-hydrogen) atoms. The smallest absolute Gasteiger partial charge is 0.248 e. The summed E-state index contributed by atoms with van der Waals surface area (Å²) in [4.78, 5) is 19.5. The van der Waals surface area contributed by atoms with Crippen molar-refractivity contribution >= 4 is 39.7 Å². The SMILES string of the molecule is O=C(/C=C\c1nc2ccccc2o1)Nc1cccc2[nH]ccc12. The summed E-state index contributed by atoms with van der Waals surface area (Å²) in [7, 11) is 0. The summed E-state index contributed by atoms with van der Waals surface area (Å²) >= 11 is 0. The predicted octanol–water partition coefficient (Wildman–Crippen LogP) is 3.96. The van der Waals surface area contributed by atoms with Crippen molar-refractivity contribution in [3.63, 3.8) is 0 Å². The Morgan fingerprint density at radius 3 is 2.96 bits per heavy atom. The largest absolute Gasteiger partial charge is 0.437 e. The van der Waals surface area contributed by atoms with Crippen LogP contribution in [0.3, 0.4) is 0 Å². The van der Waals surface area contributed by atoms with Gasteiger partial charge in [0.15, 0.2) is 5.58 Å². The third-order valence-corrected chi connectivity index (χ3v) is 3.54. The van der Waals surface area contributed by atoms with Crippen LogP contribution in [0.4, 0.5) is 5.69 Å². The highest BCUT2D eigenvalue weighted by Gasteiger charge is 2.05. The molecule has 0 bridgehead atoms. The van der Waals surface area contributed by atoms with Crippen molar-refractivity contribution in [2.75, 3.05) is 5.32 Å². The quantitative estimate of drug-likeness (QED) is 0.563. The number of carbonyl (C=O) groups is 1. The summed E-state index contributed by atoms with van der Waals surface area (Å²) in [6, 6.07) is 15.1. The molecule has 1 amide bonds. The van der Waals surface area contributed by atoms with Crippen molar-refractivity contribution in [1.82, 2.24) is 9.97 Å². The molecular weight excluding hydrogens is 290 g/mol. The van der Waals surface area contributed by atoms with Crippen LogP contribution < -0.4 is 5.32 Å². The lowest BCUT2D eigenvalue weighted by molar-refractivity contribution is -0.111. The maximum atomic E-state index is 12.1. The van der Waals surface area contributed by atoms with Gasteiger partial charge in [0.2, 0.25) is 11.8 Å². The second-order valence-electron chi connectivity index (χ2n) is 5.09. The van der Waals surface area contributed by atoms with Gasteiger partial charge in [0.25, 0.3) is 0 Å². The van der Waals surface area contributed by atoms with E-state index in [4.69, 9.17) is 4.42 Å². The highest BCUT2D eigenvalue weighted by molar-refractivity contribution is 6.07. The van der Waals surface area contributed by atoms with Crippen LogP contribution in [-0.2, 0) is 4.79 Å². The number of nitrogens with one attached hydrogen (secondary N) is 2. The summed E-state index contributed by atoms with van der Waals surface area (Å²) in [5.74, 6) is 0.169. The number of para-hydroxylation sites is 2. The van der Waals surface area contributed by atoms with Gasteiger partial charge >= 0.3 is 0 Å². The van der Waals surface area contributed by atoms with Gasteiger partial charge in [0.05, 0.1) is 5.69 Å². The molecule has 0 aliphatic carbocycles. The Morgan fingerprint density at radius 1 is 1.13 bits per heavy atom. The van der Waals surface area contributed by atoms with E-state index in [-0.39, 0.29) is 5.91 Å². The molecule has 0 aliphatic rings. The third kappa shape index (κ3) is 2.60. The molecular formula is C18H13N3O2. The Labute approximate surface area is 131 Å². The fourth-order valence-corrected chi connectivity index (χ4v) is 2.48. The zero-order chi connectivity index (χ0) is 15.6. The van der Waals surface area contributed by atoms with Crippen LogP contribution in [0.5, 0.6) is 0 Å². The van der Waals surface area contributed by atoms with E-state index in [9.17, 15) is 4.79 Å². The lowest BCUT2D eigenvalue weighted by Crippen LogP contribution is -2.07. The number of aromatic amines is 1. The number of hydrogen-bond donors (Lipinski definition) is 2. The Bertz CT molecular complexity index is 994. The molecule has 2 aromatic carbocycles. The zero-order valence-electron chi connectivity index (χ0n) is 12.1. The van der Waals surface area contributed by atoms with Crippen molar-refractivity contribution < 1.29 is 9.21 Å². The minimum Gasteiger partial charge on any atom is -0.437 e. The molecule has 2 N–H and O–H groups in total. The molecule has 0 fully saturated rings.